The van der Waals surface area contributed by atoms with Crippen molar-refractivity contribution in [2.75, 3.05) is 31.6 Å². The zero-order valence-corrected chi connectivity index (χ0v) is 20.5. The predicted octanol–water partition coefficient (Wildman–Crippen LogP) is 5.39. The summed E-state index contributed by atoms with van der Waals surface area (Å²) in [5, 5.41) is 3.74. The number of aromatic nitrogens is 1. The highest BCUT2D eigenvalue weighted by Crippen LogP contribution is 2.31. The van der Waals surface area contributed by atoms with Crippen molar-refractivity contribution < 1.29 is 14.3 Å². The van der Waals surface area contributed by atoms with Gasteiger partial charge in [-0.15, -0.1) is 0 Å². The topological polar surface area (TPSA) is 74.4 Å². The first-order chi connectivity index (χ1) is 16.0. The maximum Gasteiger partial charge on any atom is 0.356 e. The van der Waals surface area contributed by atoms with Crippen LogP contribution in [-0.4, -0.2) is 48.0 Å². The Kier molecular flexibility index (Phi) is 7.83. The SMILES string of the molecule is CCOC(=O)c1[nH]c2ccc(Br)cc2c1NC(=O)CCN1CCC(Cc2ccccc2)CC1. The van der Waals surface area contributed by atoms with Crippen LogP contribution in [0.15, 0.2) is 53.0 Å². The van der Waals surface area contributed by atoms with E-state index < -0.39 is 5.97 Å². The second-order valence-electron chi connectivity index (χ2n) is 8.56. The van der Waals surface area contributed by atoms with Crippen LogP contribution in [0, 0.1) is 5.92 Å². The molecule has 33 heavy (non-hydrogen) atoms. The molecule has 1 amide bonds. The van der Waals surface area contributed by atoms with Crippen LogP contribution in [0.4, 0.5) is 5.69 Å². The number of aromatic amines is 1. The molecule has 4 rings (SSSR count). The molecule has 174 valence electrons. The van der Waals surface area contributed by atoms with E-state index in [0.29, 0.717) is 24.6 Å². The summed E-state index contributed by atoms with van der Waals surface area (Å²) in [6, 6.07) is 16.3. The fourth-order valence-electron chi connectivity index (χ4n) is 4.47. The smallest absolute Gasteiger partial charge is 0.356 e. The molecule has 0 atom stereocenters. The Balaban J connectivity index is 1.33. The van der Waals surface area contributed by atoms with Crippen LogP contribution in [0.25, 0.3) is 10.9 Å². The number of likely N-dealkylation sites (tertiary alicyclic amines) is 1. The third-order valence-corrected chi connectivity index (χ3v) is 6.73. The summed E-state index contributed by atoms with van der Waals surface area (Å²) in [5.74, 6) is 0.128. The van der Waals surface area contributed by atoms with Crippen molar-refractivity contribution in [3.05, 3.63) is 64.3 Å². The van der Waals surface area contributed by atoms with Gasteiger partial charge in [0.05, 0.1) is 12.3 Å². The Labute approximate surface area is 202 Å². The summed E-state index contributed by atoms with van der Waals surface area (Å²) >= 11 is 3.47. The maximum absolute atomic E-state index is 12.8. The minimum absolute atomic E-state index is 0.104. The molecular formula is C26H30BrN3O3. The lowest BCUT2D eigenvalue weighted by atomic mass is 9.90. The van der Waals surface area contributed by atoms with E-state index in [1.54, 1.807) is 6.92 Å². The van der Waals surface area contributed by atoms with Crippen LogP contribution >= 0.6 is 15.9 Å². The van der Waals surface area contributed by atoms with Gasteiger partial charge in [0.1, 0.15) is 5.69 Å². The van der Waals surface area contributed by atoms with Crippen molar-refractivity contribution in [2.24, 2.45) is 5.92 Å². The van der Waals surface area contributed by atoms with E-state index in [1.165, 1.54) is 5.56 Å². The molecule has 7 heteroatoms. The van der Waals surface area contributed by atoms with E-state index in [1.807, 2.05) is 18.2 Å². The lowest BCUT2D eigenvalue weighted by molar-refractivity contribution is -0.116. The lowest BCUT2D eigenvalue weighted by Gasteiger charge is -2.31. The number of piperidine rings is 1. The number of carbonyl (C=O) groups excluding carboxylic acids is 2. The molecule has 6 nitrogen and oxygen atoms in total. The number of H-pyrrole nitrogens is 1. The van der Waals surface area contributed by atoms with Crippen molar-refractivity contribution in [3.63, 3.8) is 0 Å². The number of hydrogen-bond acceptors (Lipinski definition) is 4. The number of rotatable bonds is 8. The summed E-state index contributed by atoms with van der Waals surface area (Å²) in [6.45, 7) is 4.77. The van der Waals surface area contributed by atoms with Gasteiger partial charge in [-0.3, -0.25) is 4.79 Å². The van der Waals surface area contributed by atoms with E-state index in [9.17, 15) is 9.59 Å². The Bertz CT molecular complexity index is 1100. The molecule has 2 aromatic carbocycles. The van der Waals surface area contributed by atoms with Gasteiger partial charge >= 0.3 is 5.97 Å². The number of ether oxygens (including phenoxy) is 1. The molecule has 1 aliphatic rings. The van der Waals surface area contributed by atoms with Crippen molar-refractivity contribution in [2.45, 2.75) is 32.6 Å². The molecule has 2 N–H and O–H groups in total. The van der Waals surface area contributed by atoms with Crippen LogP contribution < -0.4 is 5.32 Å². The molecular weight excluding hydrogens is 482 g/mol. The van der Waals surface area contributed by atoms with Gasteiger partial charge in [-0.05, 0) is 69.0 Å². The zero-order valence-electron chi connectivity index (χ0n) is 18.9. The minimum atomic E-state index is -0.472. The number of esters is 1. The molecule has 0 saturated carbocycles. The van der Waals surface area contributed by atoms with E-state index in [2.05, 4.69) is 61.5 Å². The fraction of sp³-hybridized carbons (Fsp3) is 0.385. The highest BCUT2D eigenvalue weighted by atomic mass is 79.9. The summed E-state index contributed by atoms with van der Waals surface area (Å²) in [5.41, 5.74) is 2.94. The number of halogens is 1. The molecule has 1 saturated heterocycles. The first kappa shape index (κ1) is 23.5. The molecule has 2 heterocycles. The summed E-state index contributed by atoms with van der Waals surface area (Å²) in [4.78, 5) is 30.7. The number of amides is 1. The van der Waals surface area contributed by atoms with Gasteiger partial charge in [-0.2, -0.15) is 0 Å². The van der Waals surface area contributed by atoms with Gasteiger partial charge in [0.15, 0.2) is 0 Å². The highest BCUT2D eigenvalue weighted by Gasteiger charge is 2.23. The van der Waals surface area contributed by atoms with Gasteiger partial charge in [0.2, 0.25) is 5.91 Å². The van der Waals surface area contributed by atoms with Gasteiger partial charge in [-0.1, -0.05) is 46.3 Å². The first-order valence-corrected chi connectivity index (χ1v) is 12.4. The molecule has 1 fully saturated rings. The molecule has 0 bridgehead atoms. The van der Waals surface area contributed by atoms with Crippen molar-refractivity contribution in [3.8, 4) is 0 Å². The maximum atomic E-state index is 12.8. The second kappa shape index (κ2) is 11.0. The zero-order chi connectivity index (χ0) is 23.2. The number of nitrogens with zero attached hydrogens (tertiary/aromatic N) is 1. The molecule has 0 unspecified atom stereocenters. The van der Waals surface area contributed by atoms with Crippen molar-refractivity contribution in [1.82, 2.24) is 9.88 Å². The lowest BCUT2D eigenvalue weighted by Crippen LogP contribution is -2.36. The monoisotopic (exact) mass is 511 g/mol. The average molecular weight is 512 g/mol. The minimum Gasteiger partial charge on any atom is -0.461 e. The Morgan fingerprint density at radius 2 is 1.91 bits per heavy atom. The van der Waals surface area contributed by atoms with Crippen LogP contribution in [0.5, 0.6) is 0 Å². The van der Waals surface area contributed by atoms with Crippen LogP contribution in [-0.2, 0) is 16.0 Å². The van der Waals surface area contributed by atoms with Gasteiger partial charge in [0, 0.05) is 28.3 Å². The largest absolute Gasteiger partial charge is 0.461 e. The normalized spacial score (nSPS) is 15.0. The number of carbonyl (C=O) groups is 2. The average Bonchev–Trinajstić information content (AvgIpc) is 3.17. The summed E-state index contributed by atoms with van der Waals surface area (Å²) in [6.07, 6.45) is 3.81. The summed E-state index contributed by atoms with van der Waals surface area (Å²) in [7, 11) is 0. The molecule has 3 aromatic rings. The van der Waals surface area contributed by atoms with Crippen LogP contribution in [0.3, 0.4) is 0 Å². The number of benzene rings is 2. The summed E-state index contributed by atoms with van der Waals surface area (Å²) < 4.78 is 6.05. The number of anilines is 1. The van der Waals surface area contributed by atoms with Crippen LogP contribution in [0.1, 0.15) is 42.2 Å². The molecule has 1 aromatic heterocycles. The van der Waals surface area contributed by atoms with E-state index in [-0.39, 0.29) is 18.2 Å². The Morgan fingerprint density at radius 1 is 1.15 bits per heavy atom. The Morgan fingerprint density at radius 3 is 2.64 bits per heavy atom. The first-order valence-electron chi connectivity index (χ1n) is 11.6. The quantitative estimate of drug-likeness (QED) is 0.397. The molecule has 0 radical (unpaired) electrons. The molecule has 0 spiro atoms. The van der Waals surface area contributed by atoms with Gasteiger partial charge in [-0.25, -0.2) is 4.79 Å². The third-order valence-electron chi connectivity index (χ3n) is 6.23. The fourth-order valence-corrected chi connectivity index (χ4v) is 4.83. The van der Waals surface area contributed by atoms with Crippen molar-refractivity contribution >= 4 is 44.4 Å². The second-order valence-corrected chi connectivity index (χ2v) is 9.47. The number of nitrogens with one attached hydrogen (secondary N) is 2. The van der Waals surface area contributed by atoms with Crippen LogP contribution in [0.2, 0.25) is 0 Å². The van der Waals surface area contributed by atoms with Crippen molar-refractivity contribution in [1.29, 1.82) is 0 Å². The predicted molar refractivity (Wildman–Crippen MR) is 135 cm³/mol. The standard InChI is InChI=1S/C26H30BrN3O3/c1-2-33-26(32)25-24(21-17-20(27)8-9-22(21)28-25)29-23(31)12-15-30-13-10-19(11-14-30)16-18-6-4-3-5-7-18/h3-9,17,19,28H,2,10-16H2,1H3,(H,29,31). The third kappa shape index (κ3) is 6.03. The molecule has 1 aliphatic heterocycles. The molecule has 0 aliphatic carbocycles. The van der Waals surface area contributed by atoms with Gasteiger partial charge in [0.25, 0.3) is 0 Å². The van der Waals surface area contributed by atoms with E-state index in [4.69, 9.17) is 4.74 Å². The number of fused-ring (bicyclic) bond motifs is 1. The van der Waals surface area contributed by atoms with E-state index in [0.717, 1.165) is 47.7 Å². The Hall–Kier alpha value is -2.64. The highest BCUT2D eigenvalue weighted by molar-refractivity contribution is 9.10. The van der Waals surface area contributed by atoms with Gasteiger partial charge < -0.3 is 19.9 Å². The van der Waals surface area contributed by atoms with E-state index >= 15 is 0 Å². The number of hydrogen-bond donors (Lipinski definition) is 2.